The van der Waals surface area contributed by atoms with Crippen molar-refractivity contribution >= 4 is 23.2 Å². The molecule has 0 aliphatic carbocycles. The first kappa shape index (κ1) is 23.1. The van der Waals surface area contributed by atoms with E-state index in [2.05, 4.69) is 31.4 Å². The van der Waals surface area contributed by atoms with Crippen LogP contribution in [-0.2, 0) is 10.2 Å². The van der Waals surface area contributed by atoms with Crippen LogP contribution < -0.4 is 15.4 Å². The van der Waals surface area contributed by atoms with Gasteiger partial charge in [0.15, 0.2) is 6.61 Å². The smallest absolute Gasteiger partial charge is 0.262 e. The fourth-order valence-electron chi connectivity index (χ4n) is 3.22. The summed E-state index contributed by atoms with van der Waals surface area (Å²) in [4.78, 5) is 24.9. The van der Waals surface area contributed by atoms with Gasteiger partial charge in [0.05, 0.1) is 0 Å². The monoisotopic (exact) mass is 430 g/mol. The van der Waals surface area contributed by atoms with E-state index in [9.17, 15) is 9.59 Å². The Bertz CT molecular complexity index is 1090. The lowest BCUT2D eigenvalue weighted by atomic mass is 9.82. The number of carbonyl (C=O) groups excluding carboxylic acids is 2. The van der Waals surface area contributed by atoms with E-state index in [0.717, 1.165) is 17.7 Å². The zero-order valence-corrected chi connectivity index (χ0v) is 19.1. The second kappa shape index (κ2) is 10.1. The molecule has 2 N–H and O–H groups in total. The van der Waals surface area contributed by atoms with Crippen molar-refractivity contribution in [2.75, 3.05) is 17.2 Å². The topological polar surface area (TPSA) is 67.4 Å². The molecule has 0 spiro atoms. The molecule has 3 aromatic carbocycles. The van der Waals surface area contributed by atoms with Crippen LogP contribution in [0.3, 0.4) is 0 Å². The van der Waals surface area contributed by atoms with Gasteiger partial charge in [-0.2, -0.15) is 0 Å². The molecule has 0 radical (unpaired) electrons. The van der Waals surface area contributed by atoms with Crippen LogP contribution in [0.5, 0.6) is 5.75 Å². The van der Waals surface area contributed by atoms with E-state index in [1.165, 1.54) is 5.56 Å². The molecule has 0 aliphatic rings. The largest absolute Gasteiger partial charge is 0.484 e. The minimum atomic E-state index is -0.292. The van der Waals surface area contributed by atoms with Crippen molar-refractivity contribution in [3.63, 3.8) is 0 Å². The van der Waals surface area contributed by atoms with Gasteiger partial charge in [0.25, 0.3) is 11.8 Å². The molecule has 32 heavy (non-hydrogen) atoms. The second-order valence-corrected chi connectivity index (χ2v) is 8.50. The minimum Gasteiger partial charge on any atom is -0.484 e. The number of ether oxygens (including phenoxy) is 1. The maximum atomic E-state index is 12.5. The van der Waals surface area contributed by atoms with Gasteiger partial charge in [-0.25, -0.2) is 0 Å². The Morgan fingerprint density at radius 2 is 1.53 bits per heavy atom. The molecule has 0 bridgehead atoms. The standard InChI is InChI=1S/C27H30N2O3/c1-5-27(3,4)21-12-14-24(15-13-21)32-18-25(30)28-23-11-7-9-20(17-23)26(31)29-22-10-6-8-19(2)16-22/h6-17H,5,18H2,1-4H3,(H,28,30)(H,29,31). The van der Waals surface area contributed by atoms with Crippen molar-refractivity contribution in [3.05, 3.63) is 89.5 Å². The van der Waals surface area contributed by atoms with Crippen LogP contribution in [0, 0.1) is 6.92 Å². The van der Waals surface area contributed by atoms with Crippen LogP contribution in [0.4, 0.5) is 11.4 Å². The number of anilines is 2. The zero-order chi connectivity index (χ0) is 23.1. The maximum Gasteiger partial charge on any atom is 0.262 e. The van der Waals surface area contributed by atoms with Crippen molar-refractivity contribution in [1.29, 1.82) is 0 Å². The predicted octanol–water partition coefficient (Wildman–Crippen LogP) is 5.95. The second-order valence-electron chi connectivity index (χ2n) is 8.50. The first-order chi connectivity index (χ1) is 15.3. The Hall–Kier alpha value is -3.60. The lowest BCUT2D eigenvalue weighted by Crippen LogP contribution is -2.21. The Labute approximate surface area is 189 Å². The Kier molecular flexibility index (Phi) is 7.31. The quantitative estimate of drug-likeness (QED) is 0.464. The van der Waals surface area contributed by atoms with E-state index in [1.54, 1.807) is 24.3 Å². The van der Waals surface area contributed by atoms with Crippen molar-refractivity contribution in [2.45, 2.75) is 39.5 Å². The summed E-state index contributed by atoms with van der Waals surface area (Å²) >= 11 is 0. The van der Waals surface area contributed by atoms with Crippen molar-refractivity contribution in [1.82, 2.24) is 0 Å². The van der Waals surface area contributed by atoms with E-state index < -0.39 is 0 Å². The van der Waals surface area contributed by atoms with Crippen molar-refractivity contribution < 1.29 is 14.3 Å². The molecule has 0 aliphatic heterocycles. The van der Waals surface area contributed by atoms with Gasteiger partial charge in [-0.3, -0.25) is 9.59 Å². The first-order valence-electron chi connectivity index (χ1n) is 10.8. The number of hydrogen-bond acceptors (Lipinski definition) is 3. The van der Waals surface area contributed by atoms with Crippen LogP contribution >= 0.6 is 0 Å². The third kappa shape index (κ3) is 6.20. The summed E-state index contributed by atoms with van der Waals surface area (Å²) in [7, 11) is 0. The summed E-state index contributed by atoms with van der Waals surface area (Å²) in [6, 6.07) is 22.3. The molecule has 0 aromatic heterocycles. The van der Waals surface area contributed by atoms with E-state index in [0.29, 0.717) is 17.0 Å². The number of rotatable bonds is 8. The molecule has 3 rings (SSSR count). The highest BCUT2D eigenvalue weighted by Gasteiger charge is 2.17. The van der Waals surface area contributed by atoms with Crippen LogP contribution in [-0.4, -0.2) is 18.4 Å². The van der Waals surface area contributed by atoms with Gasteiger partial charge in [0, 0.05) is 16.9 Å². The van der Waals surface area contributed by atoms with Gasteiger partial charge in [0.2, 0.25) is 0 Å². The molecule has 0 fully saturated rings. The van der Waals surface area contributed by atoms with E-state index >= 15 is 0 Å². The summed E-state index contributed by atoms with van der Waals surface area (Å²) in [5, 5.41) is 5.65. The summed E-state index contributed by atoms with van der Waals surface area (Å²) in [5.41, 5.74) is 4.12. The van der Waals surface area contributed by atoms with Crippen LogP contribution in [0.1, 0.15) is 48.7 Å². The zero-order valence-electron chi connectivity index (χ0n) is 19.1. The van der Waals surface area contributed by atoms with E-state index in [1.807, 2.05) is 55.5 Å². The molecule has 3 aromatic rings. The first-order valence-corrected chi connectivity index (χ1v) is 10.8. The number of benzene rings is 3. The predicted molar refractivity (Wildman–Crippen MR) is 129 cm³/mol. The molecular formula is C27H30N2O3. The molecule has 0 atom stereocenters. The van der Waals surface area contributed by atoms with Gasteiger partial charge in [0.1, 0.15) is 5.75 Å². The third-order valence-corrected chi connectivity index (χ3v) is 5.57. The number of hydrogen-bond donors (Lipinski definition) is 2. The number of amides is 2. The summed E-state index contributed by atoms with van der Waals surface area (Å²) in [6.07, 6.45) is 1.04. The molecule has 166 valence electrons. The Morgan fingerprint density at radius 1 is 0.875 bits per heavy atom. The third-order valence-electron chi connectivity index (χ3n) is 5.57. The number of carbonyl (C=O) groups is 2. The summed E-state index contributed by atoms with van der Waals surface area (Å²) in [6.45, 7) is 8.41. The fraction of sp³-hybridized carbons (Fsp3) is 0.259. The SMILES string of the molecule is CCC(C)(C)c1ccc(OCC(=O)Nc2cccc(C(=O)Nc3cccc(C)c3)c2)cc1. The van der Waals surface area contributed by atoms with Gasteiger partial charge >= 0.3 is 0 Å². The minimum absolute atomic E-state index is 0.104. The molecule has 5 heteroatoms. The average Bonchev–Trinajstić information content (AvgIpc) is 2.78. The molecule has 2 amide bonds. The molecule has 0 saturated heterocycles. The molecular weight excluding hydrogens is 400 g/mol. The van der Waals surface area contributed by atoms with E-state index in [4.69, 9.17) is 4.74 Å². The van der Waals surface area contributed by atoms with Crippen molar-refractivity contribution in [2.24, 2.45) is 0 Å². The lowest BCUT2D eigenvalue weighted by Gasteiger charge is -2.23. The van der Waals surface area contributed by atoms with E-state index in [-0.39, 0.29) is 23.8 Å². The highest BCUT2D eigenvalue weighted by molar-refractivity contribution is 6.05. The van der Waals surface area contributed by atoms with Crippen LogP contribution in [0.2, 0.25) is 0 Å². The fourth-order valence-corrected chi connectivity index (χ4v) is 3.22. The molecule has 0 saturated carbocycles. The van der Waals surface area contributed by atoms with Crippen LogP contribution in [0.25, 0.3) is 0 Å². The lowest BCUT2D eigenvalue weighted by molar-refractivity contribution is -0.118. The van der Waals surface area contributed by atoms with Gasteiger partial charge in [-0.05, 0) is 72.4 Å². The van der Waals surface area contributed by atoms with Crippen molar-refractivity contribution in [3.8, 4) is 5.75 Å². The molecule has 5 nitrogen and oxygen atoms in total. The molecule has 0 heterocycles. The normalized spacial score (nSPS) is 11.0. The molecule has 0 unspecified atom stereocenters. The summed E-state index contributed by atoms with van der Waals surface area (Å²) in [5.74, 6) is 0.110. The average molecular weight is 431 g/mol. The number of aryl methyl sites for hydroxylation is 1. The maximum absolute atomic E-state index is 12.5. The number of nitrogens with one attached hydrogen (secondary N) is 2. The summed E-state index contributed by atoms with van der Waals surface area (Å²) < 4.78 is 5.62. The van der Waals surface area contributed by atoms with Gasteiger partial charge in [-0.15, -0.1) is 0 Å². The Morgan fingerprint density at radius 3 is 2.19 bits per heavy atom. The Balaban J connectivity index is 1.56. The highest BCUT2D eigenvalue weighted by atomic mass is 16.5. The highest BCUT2D eigenvalue weighted by Crippen LogP contribution is 2.28. The van der Waals surface area contributed by atoms with Crippen LogP contribution in [0.15, 0.2) is 72.8 Å². The van der Waals surface area contributed by atoms with Gasteiger partial charge < -0.3 is 15.4 Å². The van der Waals surface area contributed by atoms with Gasteiger partial charge in [-0.1, -0.05) is 51.1 Å².